The van der Waals surface area contributed by atoms with Gasteiger partial charge in [0.05, 0.1) is 12.8 Å². The molecule has 0 spiro atoms. The van der Waals surface area contributed by atoms with E-state index in [4.69, 9.17) is 4.74 Å². The molecule has 0 unspecified atom stereocenters. The zero-order chi connectivity index (χ0) is 18.4. The molecule has 0 aliphatic heterocycles. The quantitative estimate of drug-likeness (QED) is 0.796. The highest BCUT2D eigenvalue weighted by atomic mass is 19.1. The number of nitrogens with one attached hydrogen (secondary N) is 1. The van der Waals surface area contributed by atoms with Gasteiger partial charge in [0.25, 0.3) is 0 Å². The first kappa shape index (κ1) is 18.7. The van der Waals surface area contributed by atoms with Crippen molar-refractivity contribution in [1.82, 2.24) is 9.88 Å². The molecule has 1 aromatic carbocycles. The van der Waals surface area contributed by atoms with Crippen molar-refractivity contribution in [2.45, 2.75) is 39.6 Å². The third kappa shape index (κ3) is 5.15. The molecule has 25 heavy (non-hydrogen) atoms. The fourth-order valence-corrected chi connectivity index (χ4v) is 2.28. The topological polar surface area (TPSA) is 80.6 Å². The van der Waals surface area contributed by atoms with Crippen LogP contribution in [0, 0.1) is 5.82 Å². The van der Waals surface area contributed by atoms with E-state index in [2.05, 4.69) is 5.32 Å². The van der Waals surface area contributed by atoms with Crippen LogP contribution in [0.15, 0.2) is 41.3 Å². The summed E-state index contributed by atoms with van der Waals surface area (Å²) in [6.45, 7) is 3.10. The van der Waals surface area contributed by atoms with Gasteiger partial charge >= 0.3 is 0 Å². The second kappa shape index (κ2) is 8.43. The zero-order valence-corrected chi connectivity index (χ0v) is 14.2. The monoisotopic (exact) mass is 348 g/mol. The molecular formula is C18H21FN2O4. The van der Waals surface area contributed by atoms with E-state index in [0.29, 0.717) is 11.3 Å². The van der Waals surface area contributed by atoms with Gasteiger partial charge in [-0.25, -0.2) is 4.39 Å². The average Bonchev–Trinajstić information content (AvgIpc) is 2.55. The van der Waals surface area contributed by atoms with Gasteiger partial charge in [-0.3, -0.25) is 9.59 Å². The molecule has 0 bridgehead atoms. The molecule has 0 aliphatic rings. The number of pyridine rings is 1. The maximum Gasteiger partial charge on any atom is 0.240 e. The van der Waals surface area contributed by atoms with Crippen molar-refractivity contribution in [2.24, 2.45) is 0 Å². The van der Waals surface area contributed by atoms with Crippen LogP contribution in [-0.2, 0) is 24.6 Å². The van der Waals surface area contributed by atoms with Gasteiger partial charge in [-0.05, 0) is 19.9 Å². The third-order valence-corrected chi connectivity index (χ3v) is 3.45. The van der Waals surface area contributed by atoms with Crippen molar-refractivity contribution < 1.29 is 19.0 Å². The van der Waals surface area contributed by atoms with E-state index in [1.165, 1.54) is 22.9 Å². The summed E-state index contributed by atoms with van der Waals surface area (Å²) >= 11 is 0. The lowest BCUT2D eigenvalue weighted by atomic mass is 10.2. The van der Waals surface area contributed by atoms with Gasteiger partial charge in [-0.1, -0.05) is 18.2 Å². The summed E-state index contributed by atoms with van der Waals surface area (Å²) in [5, 5.41) is 12.1. The number of nitrogens with zero attached hydrogens (tertiary/aromatic N) is 1. The summed E-state index contributed by atoms with van der Waals surface area (Å²) in [5.41, 5.74) is 0.167. The van der Waals surface area contributed by atoms with Gasteiger partial charge in [-0.15, -0.1) is 0 Å². The molecule has 2 rings (SSSR count). The highest BCUT2D eigenvalue weighted by Gasteiger charge is 2.12. The lowest BCUT2D eigenvalue weighted by Crippen LogP contribution is -2.34. The fraction of sp³-hybridized carbons (Fsp3) is 0.333. The minimum atomic E-state index is -0.444. The summed E-state index contributed by atoms with van der Waals surface area (Å²) in [6, 6.07) is 7.29. The molecule has 0 fully saturated rings. The van der Waals surface area contributed by atoms with Crippen LogP contribution in [0.5, 0.6) is 5.75 Å². The second-order valence-electron chi connectivity index (χ2n) is 5.88. The number of aromatic nitrogens is 1. The first-order valence-electron chi connectivity index (χ1n) is 7.90. The van der Waals surface area contributed by atoms with E-state index >= 15 is 0 Å². The molecule has 0 atom stereocenters. The Morgan fingerprint density at radius 2 is 2.08 bits per heavy atom. The summed E-state index contributed by atoms with van der Waals surface area (Å²) < 4.78 is 20.5. The van der Waals surface area contributed by atoms with Crippen molar-refractivity contribution >= 4 is 5.91 Å². The number of amides is 1. The number of carbonyl (C=O) groups is 1. The standard InChI is InChI=1S/C18H21FN2O4/c1-12(2)20-18(24)9-21-8-17(16(23)7-14(21)10-22)25-11-13-5-3-4-6-15(13)19/h3-8,12,22H,9-11H2,1-2H3,(H,20,24). The molecule has 134 valence electrons. The molecule has 1 heterocycles. The molecule has 0 saturated heterocycles. The molecule has 0 aliphatic carbocycles. The van der Waals surface area contributed by atoms with E-state index < -0.39 is 17.9 Å². The molecule has 2 aromatic rings. The zero-order valence-electron chi connectivity index (χ0n) is 14.2. The number of aliphatic hydroxyl groups is 1. The summed E-state index contributed by atoms with van der Waals surface area (Å²) in [5.74, 6) is -0.697. The summed E-state index contributed by atoms with van der Waals surface area (Å²) in [7, 11) is 0. The minimum absolute atomic E-state index is 0.0159. The van der Waals surface area contributed by atoms with E-state index in [-0.39, 0.29) is 30.9 Å². The molecule has 1 amide bonds. The van der Waals surface area contributed by atoms with Crippen LogP contribution in [0.3, 0.4) is 0 Å². The fourth-order valence-electron chi connectivity index (χ4n) is 2.28. The van der Waals surface area contributed by atoms with E-state index in [1.807, 2.05) is 13.8 Å². The lowest BCUT2D eigenvalue weighted by Gasteiger charge is -2.15. The third-order valence-electron chi connectivity index (χ3n) is 3.45. The Balaban J connectivity index is 2.21. The minimum Gasteiger partial charge on any atom is -0.483 e. The first-order chi connectivity index (χ1) is 11.9. The smallest absolute Gasteiger partial charge is 0.240 e. The Morgan fingerprint density at radius 1 is 1.36 bits per heavy atom. The second-order valence-corrected chi connectivity index (χ2v) is 5.88. The first-order valence-corrected chi connectivity index (χ1v) is 7.90. The maximum absolute atomic E-state index is 13.6. The lowest BCUT2D eigenvalue weighted by molar-refractivity contribution is -0.122. The van der Waals surface area contributed by atoms with Crippen molar-refractivity contribution in [3.05, 3.63) is 63.8 Å². The molecule has 6 nitrogen and oxygen atoms in total. The van der Waals surface area contributed by atoms with Crippen LogP contribution in [0.1, 0.15) is 25.1 Å². The van der Waals surface area contributed by atoms with Crippen LogP contribution in [0.25, 0.3) is 0 Å². The largest absolute Gasteiger partial charge is 0.483 e. The number of ether oxygens (including phenoxy) is 1. The van der Waals surface area contributed by atoms with Gasteiger partial charge < -0.3 is 19.7 Å². The summed E-state index contributed by atoms with van der Waals surface area (Å²) in [6.07, 6.45) is 1.36. The molecule has 0 radical (unpaired) electrons. The van der Waals surface area contributed by atoms with Gasteiger partial charge in [-0.2, -0.15) is 0 Å². The Labute approximate surface area is 144 Å². The van der Waals surface area contributed by atoms with Crippen molar-refractivity contribution in [3.63, 3.8) is 0 Å². The van der Waals surface area contributed by atoms with Gasteiger partial charge in [0.1, 0.15) is 19.0 Å². The van der Waals surface area contributed by atoms with Crippen LogP contribution in [0.4, 0.5) is 4.39 Å². The van der Waals surface area contributed by atoms with Crippen LogP contribution < -0.4 is 15.5 Å². The molecular weight excluding hydrogens is 327 g/mol. The number of rotatable bonds is 7. The molecule has 0 saturated carbocycles. The van der Waals surface area contributed by atoms with Crippen molar-refractivity contribution in [3.8, 4) is 5.75 Å². The normalized spacial score (nSPS) is 10.8. The number of halogens is 1. The Morgan fingerprint density at radius 3 is 2.72 bits per heavy atom. The molecule has 2 N–H and O–H groups in total. The number of benzene rings is 1. The Bertz CT molecular complexity index is 802. The Hall–Kier alpha value is -2.67. The van der Waals surface area contributed by atoms with E-state index in [9.17, 15) is 19.1 Å². The SMILES string of the molecule is CC(C)NC(=O)Cn1cc(OCc2ccccc2F)c(=O)cc1CO. The predicted molar refractivity (Wildman–Crippen MR) is 90.6 cm³/mol. The van der Waals surface area contributed by atoms with E-state index in [1.54, 1.807) is 18.2 Å². The van der Waals surface area contributed by atoms with Crippen molar-refractivity contribution in [2.75, 3.05) is 0 Å². The van der Waals surface area contributed by atoms with Crippen LogP contribution in [-0.4, -0.2) is 21.6 Å². The molecule has 7 heteroatoms. The number of carbonyl (C=O) groups excluding carboxylic acids is 1. The number of hydrogen-bond donors (Lipinski definition) is 2. The molecule has 1 aromatic heterocycles. The van der Waals surface area contributed by atoms with Gasteiger partial charge in [0.15, 0.2) is 5.75 Å². The highest BCUT2D eigenvalue weighted by molar-refractivity contribution is 5.76. The highest BCUT2D eigenvalue weighted by Crippen LogP contribution is 2.12. The van der Waals surface area contributed by atoms with E-state index in [0.717, 1.165) is 0 Å². The van der Waals surface area contributed by atoms with Crippen LogP contribution in [0.2, 0.25) is 0 Å². The summed E-state index contributed by atoms with van der Waals surface area (Å²) in [4.78, 5) is 24.0. The number of aliphatic hydroxyl groups excluding tert-OH is 1. The van der Waals surface area contributed by atoms with Crippen molar-refractivity contribution in [1.29, 1.82) is 0 Å². The van der Waals surface area contributed by atoms with Crippen LogP contribution >= 0.6 is 0 Å². The average molecular weight is 348 g/mol. The van der Waals surface area contributed by atoms with Gasteiger partial charge in [0.2, 0.25) is 11.3 Å². The number of hydrogen-bond acceptors (Lipinski definition) is 4. The predicted octanol–water partition coefficient (Wildman–Crippen LogP) is 1.58. The van der Waals surface area contributed by atoms with Gasteiger partial charge in [0, 0.05) is 23.4 Å². The maximum atomic E-state index is 13.6. The Kier molecular flexibility index (Phi) is 6.30.